The molecule has 35 heavy (non-hydrogen) atoms. The number of amides is 1. The summed E-state index contributed by atoms with van der Waals surface area (Å²) in [7, 11) is 0. The van der Waals surface area contributed by atoms with Gasteiger partial charge in [0.1, 0.15) is 23.6 Å². The van der Waals surface area contributed by atoms with Gasteiger partial charge in [0, 0.05) is 30.9 Å². The molecule has 180 valence electrons. The summed E-state index contributed by atoms with van der Waals surface area (Å²) in [6.07, 6.45) is 5.23. The number of hydrogen-bond donors (Lipinski definition) is 1. The van der Waals surface area contributed by atoms with Gasteiger partial charge < -0.3 is 15.4 Å². The molecule has 0 spiro atoms. The van der Waals surface area contributed by atoms with Crippen LogP contribution in [0, 0.1) is 6.92 Å². The number of benzene rings is 1. The molecular weight excluding hydrogens is 442 g/mol. The van der Waals surface area contributed by atoms with Crippen molar-refractivity contribution >= 4 is 22.8 Å². The third kappa shape index (κ3) is 4.70. The molecule has 9 nitrogen and oxygen atoms in total. The quantitative estimate of drug-likeness (QED) is 0.425. The maximum absolute atomic E-state index is 12.0. The molecule has 0 unspecified atom stereocenters. The number of carbonyl (C=O) groups excluding carboxylic acids is 1. The summed E-state index contributed by atoms with van der Waals surface area (Å²) in [5.74, 6) is 1.50. The smallest absolute Gasteiger partial charge is 0.246 e. The molecule has 0 bridgehead atoms. The molecule has 1 aromatic carbocycles. The molecule has 0 saturated carbocycles. The summed E-state index contributed by atoms with van der Waals surface area (Å²) in [5.41, 5.74) is 9.30. The van der Waals surface area contributed by atoms with Crippen molar-refractivity contribution in [3.8, 4) is 22.9 Å². The second-order valence-electron chi connectivity index (χ2n) is 7.93. The highest BCUT2D eigenvalue weighted by molar-refractivity contribution is 5.98. The fraction of sp³-hybridized carbons (Fsp3) is 0.269. The number of nitrogen functional groups attached to an aromatic ring is 1. The van der Waals surface area contributed by atoms with Crippen molar-refractivity contribution in [1.82, 2.24) is 29.6 Å². The lowest BCUT2D eigenvalue weighted by Crippen LogP contribution is -2.27. The number of nitrogens with zero attached hydrogens (tertiary/aromatic N) is 6. The third-order valence-electron chi connectivity index (χ3n) is 5.83. The Bertz CT molecular complexity index is 1350. The molecular formula is C26H29N7O2. The van der Waals surface area contributed by atoms with Gasteiger partial charge in [-0.25, -0.2) is 19.6 Å². The van der Waals surface area contributed by atoms with E-state index >= 15 is 0 Å². The van der Waals surface area contributed by atoms with Crippen molar-refractivity contribution in [3.63, 3.8) is 0 Å². The van der Waals surface area contributed by atoms with Gasteiger partial charge >= 0.3 is 0 Å². The van der Waals surface area contributed by atoms with Crippen molar-refractivity contribution in [2.75, 3.05) is 18.8 Å². The molecule has 1 aliphatic heterocycles. The van der Waals surface area contributed by atoms with Crippen molar-refractivity contribution in [1.29, 1.82) is 0 Å². The molecule has 9 heteroatoms. The van der Waals surface area contributed by atoms with Gasteiger partial charge in [0.15, 0.2) is 5.65 Å². The van der Waals surface area contributed by atoms with Crippen LogP contribution in [0.1, 0.15) is 31.9 Å². The summed E-state index contributed by atoms with van der Waals surface area (Å²) in [6, 6.07) is 11.4. The van der Waals surface area contributed by atoms with Crippen LogP contribution in [0.5, 0.6) is 11.6 Å². The minimum atomic E-state index is -0.0863. The van der Waals surface area contributed by atoms with Crippen LogP contribution in [0.4, 0.5) is 5.82 Å². The number of carbonyl (C=O) groups is 1. The molecule has 0 radical (unpaired) electrons. The fourth-order valence-electron chi connectivity index (χ4n) is 4.09. The Morgan fingerprint density at radius 1 is 1.17 bits per heavy atom. The van der Waals surface area contributed by atoms with Gasteiger partial charge in [-0.05, 0) is 37.1 Å². The van der Waals surface area contributed by atoms with E-state index in [0.29, 0.717) is 41.5 Å². The van der Waals surface area contributed by atoms with E-state index in [1.807, 2.05) is 55.8 Å². The van der Waals surface area contributed by atoms with E-state index in [-0.39, 0.29) is 11.9 Å². The number of ether oxygens (including phenoxy) is 1. The van der Waals surface area contributed by atoms with E-state index in [4.69, 9.17) is 15.6 Å². The number of hydrogen-bond acceptors (Lipinski definition) is 7. The van der Waals surface area contributed by atoms with Gasteiger partial charge in [-0.1, -0.05) is 38.6 Å². The standard InChI is InChI=1S/C24H23N7O2.C2H6/c1-3-20(32)30-11-10-17(13-30)31-24-21(23(25)27-14-28-24)22(29-31)16-8-9-19(26-12-16)33-18-7-5-4-6-15(18)2;1-2/h3-9,12,14,17H,1,10-11,13H2,2H3,(H2,25,27,28);1-2H3/t17-;/m1./s1. The molecule has 3 aromatic heterocycles. The number of nitrogens with two attached hydrogens (primary N) is 1. The normalized spacial score (nSPS) is 14.9. The SMILES string of the molecule is C=CC(=O)N1CC[C@@H](n2nc(-c3ccc(Oc4ccccc4C)nc3)c3c(N)ncnc32)C1.CC. The Kier molecular flexibility index (Phi) is 7.05. The van der Waals surface area contributed by atoms with Crippen molar-refractivity contribution in [2.24, 2.45) is 0 Å². The number of rotatable bonds is 5. The second kappa shape index (κ2) is 10.3. The van der Waals surface area contributed by atoms with Gasteiger partial charge in [-0.15, -0.1) is 0 Å². The lowest BCUT2D eigenvalue weighted by Gasteiger charge is -2.14. The van der Waals surface area contributed by atoms with E-state index in [2.05, 4.69) is 21.5 Å². The van der Waals surface area contributed by atoms with E-state index in [9.17, 15) is 4.79 Å². The topological polar surface area (TPSA) is 112 Å². The van der Waals surface area contributed by atoms with Crippen LogP contribution in [0.3, 0.4) is 0 Å². The molecule has 4 heterocycles. The van der Waals surface area contributed by atoms with Crippen LogP contribution >= 0.6 is 0 Å². The van der Waals surface area contributed by atoms with Crippen LogP contribution < -0.4 is 10.5 Å². The Morgan fingerprint density at radius 2 is 1.97 bits per heavy atom. The monoisotopic (exact) mass is 471 g/mol. The number of pyridine rings is 1. The van der Waals surface area contributed by atoms with Crippen LogP contribution in [0.15, 0.2) is 61.6 Å². The van der Waals surface area contributed by atoms with Crippen LogP contribution in [0.2, 0.25) is 0 Å². The highest BCUT2D eigenvalue weighted by Crippen LogP contribution is 2.34. The van der Waals surface area contributed by atoms with Gasteiger partial charge in [0.2, 0.25) is 11.8 Å². The molecule has 0 aliphatic carbocycles. The number of likely N-dealkylation sites (tertiary alicyclic amines) is 1. The Morgan fingerprint density at radius 3 is 2.69 bits per heavy atom. The number of aryl methyl sites for hydroxylation is 1. The maximum atomic E-state index is 12.0. The average molecular weight is 472 g/mol. The molecule has 1 saturated heterocycles. The molecule has 1 atom stereocenters. The first-order valence-corrected chi connectivity index (χ1v) is 11.6. The van der Waals surface area contributed by atoms with E-state index in [1.165, 1.54) is 12.4 Å². The summed E-state index contributed by atoms with van der Waals surface area (Å²) in [5, 5.41) is 5.51. The molecule has 4 aromatic rings. The Labute approximate surface area is 204 Å². The number of fused-ring (bicyclic) bond motifs is 1. The third-order valence-corrected chi connectivity index (χ3v) is 5.83. The minimum Gasteiger partial charge on any atom is -0.439 e. The summed E-state index contributed by atoms with van der Waals surface area (Å²) < 4.78 is 7.75. The Balaban J connectivity index is 0.00000141. The number of anilines is 1. The van der Waals surface area contributed by atoms with Gasteiger partial charge in [-0.3, -0.25) is 4.79 Å². The lowest BCUT2D eigenvalue weighted by molar-refractivity contribution is -0.125. The number of para-hydroxylation sites is 1. The highest BCUT2D eigenvalue weighted by Gasteiger charge is 2.30. The molecule has 5 rings (SSSR count). The molecule has 1 aliphatic rings. The van der Waals surface area contributed by atoms with Crippen molar-refractivity contribution in [2.45, 2.75) is 33.2 Å². The van der Waals surface area contributed by atoms with Crippen LogP contribution in [0.25, 0.3) is 22.3 Å². The first-order valence-electron chi connectivity index (χ1n) is 11.6. The lowest BCUT2D eigenvalue weighted by atomic mass is 10.1. The predicted molar refractivity (Wildman–Crippen MR) is 136 cm³/mol. The van der Waals surface area contributed by atoms with E-state index < -0.39 is 0 Å². The zero-order valence-electron chi connectivity index (χ0n) is 20.2. The second-order valence-corrected chi connectivity index (χ2v) is 7.93. The zero-order valence-corrected chi connectivity index (χ0v) is 20.2. The van der Waals surface area contributed by atoms with E-state index in [0.717, 1.165) is 23.3 Å². The maximum Gasteiger partial charge on any atom is 0.246 e. The molecule has 1 fully saturated rings. The van der Waals surface area contributed by atoms with E-state index in [1.54, 1.807) is 17.2 Å². The van der Waals surface area contributed by atoms with Crippen molar-refractivity contribution in [3.05, 3.63) is 67.1 Å². The zero-order chi connectivity index (χ0) is 24.9. The molecule has 1 amide bonds. The van der Waals surface area contributed by atoms with Gasteiger partial charge in [-0.2, -0.15) is 5.10 Å². The van der Waals surface area contributed by atoms with Crippen molar-refractivity contribution < 1.29 is 9.53 Å². The summed E-state index contributed by atoms with van der Waals surface area (Å²) in [4.78, 5) is 26.9. The first kappa shape index (κ1) is 23.9. The highest BCUT2D eigenvalue weighted by atomic mass is 16.5. The average Bonchev–Trinajstić information content (AvgIpc) is 3.53. The number of aromatic nitrogens is 5. The summed E-state index contributed by atoms with van der Waals surface area (Å²) >= 11 is 0. The summed E-state index contributed by atoms with van der Waals surface area (Å²) in [6.45, 7) is 10.7. The van der Waals surface area contributed by atoms with Crippen LogP contribution in [-0.2, 0) is 4.79 Å². The first-order chi connectivity index (χ1) is 17.0. The fourth-order valence-corrected chi connectivity index (χ4v) is 4.09. The van der Waals surface area contributed by atoms with Gasteiger partial charge in [0.25, 0.3) is 0 Å². The minimum absolute atomic E-state index is 0.0175. The molecule has 2 N–H and O–H groups in total. The van der Waals surface area contributed by atoms with Gasteiger partial charge in [0.05, 0.1) is 11.4 Å². The van der Waals surface area contributed by atoms with Crippen LogP contribution in [-0.4, -0.2) is 48.6 Å². The largest absolute Gasteiger partial charge is 0.439 e. The predicted octanol–water partition coefficient (Wildman–Crippen LogP) is 4.56. The Hall–Kier alpha value is -4.27.